The molecular formula is C28H36N2O5. The summed E-state index contributed by atoms with van der Waals surface area (Å²) in [7, 11) is 0. The molecule has 1 aliphatic carbocycles. The molecule has 35 heavy (non-hydrogen) atoms. The molecule has 0 N–H and O–H groups in total. The van der Waals surface area contributed by atoms with Crippen LogP contribution in [0.15, 0.2) is 49.3 Å². The number of aromatic nitrogens is 2. The summed E-state index contributed by atoms with van der Waals surface area (Å²) in [5.74, 6) is 0.670. The van der Waals surface area contributed by atoms with E-state index in [-0.39, 0.29) is 18.0 Å². The van der Waals surface area contributed by atoms with Crippen LogP contribution in [-0.2, 0) is 14.3 Å². The summed E-state index contributed by atoms with van der Waals surface area (Å²) < 4.78 is 16.4. The van der Waals surface area contributed by atoms with Gasteiger partial charge in [0.25, 0.3) is 0 Å². The molecule has 0 aliphatic heterocycles. The van der Waals surface area contributed by atoms with Gasteiger partial charge in [0.05, 0.1) is 18.8 Å². The minimum Gasteiger partial charge on any atom is -0.494 e. The summed E-state index contributed by atoms with van der Waals surface area (Å²) in [4.78, 5) is 32.0. The smallest absolute Gasteiger partial charge is 0.341 e. The third kappa shape index (κ3) is 9.51. The summed E-state index contributed by atoms with van der Waals surface area (Å²) in [6.45, 7) is 4.51. The molecule has 7 nitrogen and oxygen atoms in total. The molecule has 1 aromatic carbocycles. The number of hydrogen-bond acceptors (Lipinski definition) is 7. The summed E-state index contributed by atoms with van der Waals surface area (Å²) >= 11 is 0. The third-order valence-corrected chi connectivity index (χ3v) is 6.04. The molecule has 1 fully saturated rings. The van der Waals surface area contributed by atoms with Crippen LogP contribution in [0, 0.1) is 0 Å². The van der Waals surface area contributed by atoms with Crippen molar-refractivity contribution in [3.63, 3.8) is 0 Å². The highest BCUT2D eigenvalue weighted by Gasteiger charge is 2.19. The predicted molar refractivity (Wildman–Crippen MR) is 134 cm³/mol. The van der Waals surface area contributed by atoms with E-state index in [0.29, 0.717) is 24.6 Å². The van der Waals surface area contributed by atoms with Crippen molar-refractivity contribution in [1.82, 2.24) is 9.97 Å². The van der Waals surface area contributed by atoms with Crippen LogP contribution in [-0.4, -0.2) is 41.2 Å². The molecule has 0 unspecified atom stereocenters. The van der Waals surface area contributed by atoms with Crippen molar-refractivity contribution in [2.75, 3.05) is 13.2 Å². The summed E-state index contributed by atoms with van der Waals surface area (Å²) in [6.07, 6.45) is 15.9. The van der Waals surface area contributed by atoms with Crippen molar-refractivity contribution in [1.29, 1.82) is 0 Å². The van der Waals surface area contributed by atoms with Crippen LogP contribution >= 0.6 is 0 Å². The molecule has 188 valence electrons. The van der Waals surface area contributed by atoms with Gasteiger partial charge in [-0.05, 0) is 62.8 Å². The second kappa shape index (κ2) is 14.9. The molecule has 0 saturated heterocycles. The van der Waals surface area contributed by atoms with Gasteiger partial charge in [0.1, 0.15) is 11.9 Å². The topological polar surface area (TPSA) is 87.6 Å². The maximum Gasteiger partial charge on any atom is 0.341 e. The first kappa shape index (κ1) is 26.4. The first-order valence-electron chi connectivity index (χ1n) is 12.7. The summed E-state index contributed by atoms with van der Waals surface area (Å²) in [5, 5.41) is 0. The van der Waals surface area contributed by atoms with Crippen LogP contribution in [0.2, 0.25) is 0 Å². The lowest BCUT2D eigenvalue weighted by Gasteiger charge is -2.21. The van der Waals surface area contributed by atoms with Gasteiger partial charge in [-0.1, -0.05) is 38.7 Å². The number of hydrogen-bond donors (Lipinski definition) is 0. The van der Waals surface area contributed by atoms with Crippen LogP contribution < -0.4 is 4.74 Å². The molecule has 0 amide bonds. The minimum atomic E-state index is -0.354. The van der Waals surface area contributed by atoms with E-state index in [4.69, 9.17) is 14.2 Å². The molecule has 1 saturated carbocycles. The fraction of sp³-hybridized carbons (Fsp3) is 0.500. The average Bonchev–Trinajstić information content (AvgIpc) is 2.90. The van der Waals surface area contributed by atoms with Crippen molar-refractivity contribution >= 4 is 11.9 Å². The molecule has 0 radical (unpaired) electrons. The van der Waals surface area contributed by atoms with Gasteiger partial charge in [-0.15, -0.1) is 0 Å². The molecular weight excluding hydrogens is 444 g/mol. The largest absolute Gasteiger partial charge is 0.494 e. The number of ether oxygens (including phenoxy) is 3. The number of carbonyl (C=O) groups excluding carboxylic acids is 2. The normalized spacial score (nSPS) is 13.7. The summed E-state index contributed by atoms with van der Waals surface area (Å²) in [5.41, 5.74) is 1.25. The number of benzene rings is 1. The molecule has 0 bridgehead atoms. The zero-order valence-corrected chi connectivity index (χ0v) is 20.5. The van der Waals surface area contributed by atoms with Crippen LogP contribution in [0.5, 0.6) is 5.75 Å². The predicted octanol–water partition coefficient (Wildman–Crippen LogP) is 6.08. The van der Waals surface area contributed by atoms with E-state index in [9.17, 15) is 9.59 Å². The minimum absolute atomic E-state index is 0.0176. The van der Waals surface area contributed by atoms with E-state index in [1.165, 1.54) is 24.9 Å². The summed E-state index contributed by atoms with van der Waals surface area (Å²) in [6, 6.07) is 7.66. The average molecular weight is 481 g/mol. The van der Waals surface area contributed by atoms with E-state index >= 15 is 0 Å². The van der Waals surface area contributed by atoms with E-state index < -0.39 is 0 Å². The van der Waals surface area contributed by atoms with Crippen molar-refractivity contribution in [2.24, 2.45) is 0 Å². The van der Waals surface area contributed by atoms with Crippen LogP contribution in [0.1, 0.15) is 81.0 Å². The van der Waals surface area contributed by atoms with Gasteiger partial charge in [-0.2, -0.15) is 0 Å². The lowest BCUT2D eigenvalue weighted by atomic mass is 9.98. The van der Waals surface area contributed by atoms with Gasteiger partial charge in [0.15, 0.2) is 5.82 Å². The van der Waals surface area contributed by atoms with Crippen LogP contribution in [0.4, 0.5) is 0 Å². The van der Waals surface area contributed by atoms with Crippen molar-refractivity contribution in [3.05, 3.63) is 54.9 Å². The molecule has 1 aromatic heterocycles. The Kier molecular flexibility index (Phi) is 11.2. The Bertz CT molecular complexity index is 921. The fourth-order valence-electron chi connectivity index (χ4n) is 4.02. The molecule has 2 aromatic rings. The Balaban J connectivity index is 1.31. The van der Waals surface area contributed by atoms with Gasteiger partial charge in [0, 0.05) is 24.0 Å². The van der Waals surface area contributed by atoms with Gasteiger partial charge in [0.2, 0.25) is 0 Å². The first-order chi connectivity index (χ1) is 17.2. The van der Waals surface area contributed by atoms with Crippen molar-refractivity contribution in [3.8, 4) is 17.1 Å². The molecule has 0 spiro atoms. The highest BCUT2D eigenvalue weighted by atomic mass is 16.5. The molecule has 0 atom stereocenters. The van der Waals surface area contributed by atoms with Crippen LogP contribution in [0.25, 0.3) is 11.4 Å². The maximum absolute atomic E-state index is 12.3. The number of unbranched alkanes of at least 4 members (excludes halogenated alkanes) is 5. The molecule has 1 heterocycles. The number of carbonyl (C=O) groups is 2. The van der Waals surface area contributed by atoms with E-state index in [0.717, 1.165) is 75.5 Å². The quantitative estimate of drug-likeness (QED) is 0.184. The lowest BCUT2D eigenvalue weighted by Crippen LogP contribution is -2.21. The third-order valence-electron chi connectivity index (χ3n) is 6.04. The van der Waals surface area contributed by atoms with Gasteiger partial charge < -0.3 is 14.2 Å². The Labute approximate surface area is 207 Å². The molecule has 3 rings (SSSR count). The molecule has 7 heteroatoms. The second-order valence-electron chi connectivity index (χ2n) is 8.83. The first-order valence-corrected chi connectivity index (χ1v) is 12.7. The zero-order chi connectivity index (χ0) is 24.7. The maximum atomic E-state index is 12.3. The monoisotopic (exact) mass is 480 g/mol. The van der Waals surface area contributed by atoms with Gasteiger partial charge in [-0.3, -0.25) is 0 Å². The Hall–Kier alpha value is -3.22. The zero-order valence-electron chi connectivity index (χ0n) is 20.5. The second-order valence-corrected chi connectivity index (χ2v) is 8.83. The van der Waals surface area contributed by atoms with Crippen molar-refractivity contribution in [2.45, 2.75) is 76.7 Å². The highest BCUT2D eigenvalue weighted by molar-refractivity contribution is 5.89. The lowest BCUT2D eigenvalue weighted by molar-refractivity contribution is -0.137. The Morgan fingerprint density at radius 2 is 1.51 bits per heavy atom. The fourth-order valence-corrected chi connectivity index (χ4v) is 4.02. The Morgan fingerprint density at radius 3 is 2.17 bits per heavy atom. The van der Waals surface area contributed by atoms with Gasteiger partial charge in [-0.25, -0.2) is 19.6 Å². The van der Waals surface area contributed by atoms with Crippen LogP contribution in [0.3, 0.4) is 0 Å². The van der Waals surface area contributed by atoms with E-state index in [2.05, 4.69) is 16.5 Å². The highest BCUT2D eigenvalue weighted by Crippen LogP contribution is 2.22. The standard InChI is InChI=1S/C28H36N2O5/c1-2-26(31)34-19-11-6-4-3-5-10-18-33-24-16-14-22(15-17-24)27-29-20-23(21-30-27)28(32)35-25-12-8-7-9-13-25/h2,14-17,20-21,25H,1,3-13,18-19H2. The molecule has 1 aliphatic rings. The number of rotatable bonds is 14. The van der Waals surface area contributed by atoms with E-state index in [1.54, 1.807) is 0 Å². The van der Waals surface area contributed by atoms with Crippen molar-refractivity contribution < 1.29 is 23.8 Å². The Morgan fingerprint density at radius 1 is 0.886 bits per heavy atom. The number of esters is 2. The van der Waals surface area contributed by atoms with E-state index in [1.807, 2.05) is 24.3 Å². The number of nitrogens with zero attached hydrogens (tertiary/aromatic N) is 2. The van der Waals surface area contributed by atoms with Gasteiger partial charge >= 0.3 is 11.9 Å². The SMILES string of the molecule is C=CC(=O)OCCCCCCCCOc1ccc(-c2ncc(C(=O)OC3CCCCC3)cn2)cc1.